The van der Waals surface area contributed by atoms with Crippen LogP contribution in [0.25, 0.3) is 0 Å². The lowest BCUT2D eigenvalue weighted by molar-refractivity contribution is 0.0295. The minimum atomic E-state index is 0.351. The third-order valence-electron chi connectivity index (χ3n) is 5.73. The molecule has 1 aromatic carbocycles. The molecule has 0 N–H and O–H groups in total. The van der Waals surface area contributed by atoms with E-state index in [2.05, 4.69) is 31.0 Å². The van der Waals surface area contributed by atoms with E-state index in [9.17, 15) is 0 Å². The van der Waals surface area contributed by atoms with Crippen molar-refractivity contribution in [1.29, 1.82) is 0 Å². The van der Waals surface area contributed by atoms with Crippen molar-refractivity contribution in [2.24, 2.45) is 0 Å². The first kappa shape index (κ1) is 14.7. The van der Waals surface area contributed by atoms with Crippen molar-refractivity contribution in [2.75, 3.05) is 21.3 Å². The normalized spacial score (nSPS) is 24.7. The lowest BCUT2D eigenvalue weighted by atomic mass is 9.71. The SMILES string of the molecule is COc1cc2c(cc1OC)C(C)N(C)C1(CCCCC1)C2. The quantitative estimate of drug-likeness (QED) is 0.822. The molecule has 1 fully saturated rings. The largest absolute Gasteiger partial charge is 0.493 e. The highest BCUT2D eigenvalue weighted by molar-refractivity contribution is 5.50. The maximum Gasteiger partial charge on any atom is 0.161 e. The summed E-state index contributed by atoms with van der Waals surface area (Å²) in [7, 11) is 5.73. The van der Waals surface area contributed by atoms with E-state index >= 15 is 0 Å². The summed E-state index contributed by atoms with van der Waals surface area (Å²) in [4.78, 5) is 2.61. The number of likely N-dealkylation sites (N-methyl/N-ethyl adjacent to an activating group) is 1. The van der Waals surface area contributed by atoms with Crippen LogP contribution in [-0.4, -0.2) is 31.7 Å². The Bertz CT molecular complexity index is 520. The van der Waals surface area contributed by atoms with Crippen LogP contribution in [0.5, 0.6) is 11.5 Å². The summed E-state index contributed by atoms with van der Waals surface area (Å²) in [6.07, 6.45) is 7.90. The van der Waals surface area contributed by atoms with Gasteiger partial charge in [0.15, 0.2) is 11.5 Å². The van der Waals surface area contributed by atoms with E-state index < -0.39 is 0 Å². The van der Waals surface area contributed by atoms with Crippen LogP contribution in [0.15, 0.2) is 12.1 Å². The molecule has 1 atom stereocenters. The molecule has 1 saturated carbocycles. The summed E-state index contributed by atoms with van der Waals surface area (Å²) in [6.45, 7) is 2.32. The lowest BCUT2D eigenvalue weighted by Crippen LogP contribution is -2.53. The molecule has 116 valence electrons. The molecule has 1 heterocycles. The molecule has 21 heavy (non-hydrogen) atoms. The molecule has 3 heteroatoms. The Hall–Kier alpha value is -1.22. The fourth-order valence-corrected chi connectivity index (χ4v) is 4.32. The highest BCUT2D eigenvalue weighted by Crippen LogP contribution is 2.47. The monoisotopic (exact) mass is 289 g/mol. The van der Waals surface area contributed by atoms with E-state index in [1.807, 2.05) is 0 Å². The lowest BCUT2D eigenvalue weighted by Gasteiger charge is -2.51. The molecule has 1 aliphatic heterocycles. The first-order valence-corrected chi connectivity index (χ1v) is 8.09. The topological polar surface area (TPSA) is 21.7 Å². The summed E-state index contributed by atoms with van der Waals surface area (Å²) >= 11 is 0. The van der Waals surface area contributed by atoms with Crippen LogP contribution in [0.4, 0.5) is 0 Å². The molecule has 2 aliphatic rings. The van der Waals surface area contributed by atoms with Gasteiger partial charge in [0.25, 0.3) is 0 Å². The van der Waals surface area contributed by atoms with Gasteiger partial charge in [-0.1, -0.05) is 19.3 Å². The van der Waals surface area contributed by atoms with Gasteiger partial charge >= 0.3 is 0 Å². The van der Waals surface area contributed by atoms with Gasteiger partial charge in [0.1, 0.15) is 0 Å². The summed E-state index contributed by atoms with van der Waals surface area (Å²) in [5.41, 5.74) is 3.19. The van der Waals surface area contributed by atoms with Crippen LogP contribution >= 0.6 is 0 Å². The van der Waals surface area contributed by atoms with Gasteiger partial charge in [-0.2, -0.15) is 0 Å². The second-order valence-corrected chi connectivity index (χ2v) is 6.65. The zero-order valence-electron chi connectivity index (χ0n) is 13.7. The van der Waals surface area contributed by atoms with E-state index in [0.29, 0.717) is 11.6 Å². The smallest absolute Gasteiger partial charge is 0.161 e. The number of ether oxygens (including phenoxy) is 2. The summed E-state index contributed by atoms with van der Waals surface area (Å²) < 4.78 is 11.0. The number of hydrogen-bond acceptors (Lipinski definition) is 3. The standard InChI is InChI=1S/C18H27NO2/c1-13-15-11-17(21-4)16(20-3)10-14(15)12-18(19(13)2)8-6-5-7-9-18/h10-11,13H,5-9,12H2,1-4H3. The number of fused-ring (bicyclic) bond motifs is 1. The molecule has 0 amide bonds. The van der Waals surface area contributed by atoms with Crippen LogP contribution in [0.3, 0.4) is 0 Å². The summed E-state index contributed by atoms with van der Waals surface area (Å²) in [5, 5.41) is 0. The van der Waals surface area contributed by atoms with Gasteiger partial charge in [-0.05, 0) is 56.5 Å². The van der Waals surface area contributed by atoms with E-state index in [-0.39, 0.29) is 0 Å². The second kappa shape index (κ2) is 5.53. The summed E-state index contributed by atoms with van der Waals surface area (Å²) in [5.74, 6) is 1.70. The summed E-state index contributed by atoms with van der Waals surface area (Å²) in [6, 6.07) is 4.81. The third kappa shape index (κ3) is 2.32. The Morgan fingerprint density at radius 3 is 2.29 bits per heavy atom. The van der Waals surface area contributed by atoms with Gasteiger partial charge in [0, 0.05) is 11.6 Å². The van der Waals surface area contributed by atoms with Crippen molar-refractivity contribution in [2.45, 2.75) is 57.0 Å². The Kier molecular flexibility index (Phi) is 3.87. The number of methoxy groups -OCH3 is 2. The molecule has 1 unspecified atom stereocenters. The van der Waals surface area contributed by atoms with Gasteiger partial charge in [-0.3, -0.25) is 4.90 Å². The van der Waals surface area contributed by atoms with Gasteiger partial charge < -0.3 is 9.47 Å². The fourth-order valence-electron chi connectivity index (χ4n) is 4.32. The highest BCUT2D eigenvalue weighted by atomic mass is 16.5. The van der Waals surface area contributed by atoms with Gasteiger partial charge in [0.05, 0.1) is 14.2 Å². The van der Waals surface area contributed by atoms with Crippen molar-refractivity contribution in [1.82, 2.24) is 4.90 Å². The van der Waals surface area contributed by atoms with Crippen molar-refractivity contribution in [3.8, 4) is 11.5 Å². The Balaban J connectivity index is 2.04. The zero-order valence-corrected chi connectivity index (χ0v) is 13.7. The Labute approximate surface area is 128 Å². The number of hydrogen-bond donors (Lipinski definition) is 0. The van der Waals surface area contributed by atoms with Crippen molar-refractivity contribution in [3.63, 3.8) is 0 Å². The van der Waals surface area contributed by atoms with E-state index in [0.717, 1.165) is 17.9 Å². The molecule has 1 aromatic rings. The molecule has 3 rings (SSSR count). The second-order valence-electron chi connectivity index (χ2n) is 6.65. The minimum absolute atomic E-state index is 0.351. The molecular weight excluding hydrogens is 262 g/mol. The molecule has 1 spiro atoms. The fraction of sp³-hybridized carbons (Fsp3) is 0.667. The predicted octanol–water partition coefficient (Wildman–Crippen LogP) is 3.96. The van der Waals surface area contributed by atoms with Crippen LogP contribution in [0, 0.1) is 0 Å². The maximum absolute atomic E-state index is 5.50. The van der Waals surface area contributed by atoms with Crippen molar-refractivity contribution >= 4 is 0 Å². The average molecular weight is 289 g/mol. The Morgan fingerprint density at radius 1 is 1.05 bits per heavy atom. The first-order chi connectivity index (χ1) is 10.1. The molecular formula is C18H27NO2. The van der Waals surface area contributed by atoms with E-state index in [4.69, 9.17) is 9.47 Å². The molecule has 0 saturated heterocycles. The number of nitrogens with zero attached hydrogens (tertiary/aromatic N) is 1. The molecule has 3 nitrogen and oxygen atoms in total. The van der Waals surface area contributed by atoms with Crippen molar-refractivity contribution < 1.29 is 9.47 Å². The van der Waals surface area contributed by atoms with Gasteiger partial charge in [-0.25, -0.2) is 0 Å². The predicted molar refractivity (Wildman–Crippen MR) is 85.2 cm³/mol. The molecule has 0 bridgehead atoms. The molecule has 0 radical (unpaired) electrons. The maximum atomic E-state index is 5.50. The number of benzene rings is 1. The average Bonchev–Trinajstić information content (AvgIpc) is 2.52. The molecule has 1 aliphatic carbocycles. The van der Waals surface area contributed by atoms with Gasteiger partial charge in [-0.15, -0.1) is 0 Å². The highest BCUT2D eigenvalue weighted by Gasteiger charge is 2.43. The number of rotatable bonds is 2. The first-order valence-electron chi connectivity index (χ1n) is 8.09. The third-order valence-corrected chi connectivity index (χ3v) is 5.73. The minimum Gasteiger partial charge on any atom is -0.493 e. The van der Waals surface area contributed by atoms with Crippen LogP contribution < -0.4 is 9.47 Å². The van der Waals surface area contributed by atoms with Crippen molar-refractivity contribution in [3.05, 3.63) is 23.3 Å². The van der Waals surface area contributed by atoms with Crippen LogP contribution in [0.1, 0.15) is 56.2 Å². The van der Waals surface area contributed by atoms with Crippen LogP contribution in [0.2, 0.25) is 0 Å². The van der Waals surface area contributed by atoms with E-state index in [1.54, 1.807) is 14.2 Å². The van der Waals surface area contributed by atoms with Crippen LogP contribution in [-0.2, 0) is 6.42 Å². The Morgan fingerprint density at radius 2 is 1.67 bits per heavy atom. The van der Waals surface area contributed by atoms with Gasteiger partial charge in [0.2, 0.25) is 0 Å². The van der Waals surface area contributed by atoms with E-state index in [1.165, 1.54) is 43.2 Å². The molecule has 0 aromatic heterocycles. The zero-order chi connectivity index (χ0) is 15.0.